The van der Waals surface area contributed by atoms with Gasteiger partial charge in [0.1, 0.15) is 0 Å². The Kier molecular flexibility index (Phi) is 6.80. The van der Waals surface area contributed by atoms with E-state index < -0.39 is 5.82 Å². The number of nitrogens with one attached hydrogen (secondary N) is 2. The Bertz CT molecular complexity index is 726. The fraction of sp³-hybridized carbons (Fsp3) is 0.444. The van der Waals surface area contributed by atoms with Gasteiger partial charge in [0.2, 0.25) is 0 Å². The Morgan fingerprint density at radius 2 is 2.08 bits per heavy atom. The first-order valence-electron chi connectivity index (χ1n) is 8.50. The van der Waals surface area contributed by atoms with Crippen molar-refractivity contribution >= 4 is 5.96 Å². The van der Waals surface area contributed by atoms with Gasteiger partial charge in [0, 0.05) is 25.3 Å². The third kappa shape index (κ3) is 5.77. The first kappa shape index (κ1) is 18.8. The van der Waals surface area contributed by atoms with Crippen molar-refractivity contribution in [3.63, 3.8) is 0 Å². The summed E-state index contributed by atoms with van der Waals surface area (Å²) in [5.41, 5.74) is 2.89. The van der Waals surface area contributed by atoms with Crippen molar-refractivity contribution in [1.82, 2.24) is 20.4 Å². The second-order valence-electron chi connectivity index (χ2n) is 5.91. The van der Waals surface area contributed by atoms with Gasteiger partial charge in [0.05, 0.1) is 12.2 Å². The summed E-state index contributed by atoms with van der Waals surface area (Å²) in [4.78, 5) is 4.44. The van der Waals surface area contributed by atoms with Gasteiger partial charge in [-0.25, -0.2) is 9.38 Å². The Hall–Kier alpha value is -2.57. The summed E-state index contributed by atoms with van der Waals surface area (Å²) < 4.78 is 15.4. The molecular formula is C18H26FN5O. The number of phenols is 1. The summed E-state index contributed by atoms with van der Waals surface area (Å²) in [6.07, 6.45) is 0.917. The highest BCUT2D eigenvalue weighted by atomic mass is 19.1. The Morgan fingerprint density at radius 3 is 2.72 bits per heavy atom. The van der Waals surface area contributed by atoms with E-state index in [9.17, 15) is 9.50 Å². The minimum absolute atomic E-state index is 0.337. The molecule has 0 fully saturated rings. The molecule has 2 rings (SSSR count). The van der Waals surface area contributed by atoms with Crippen molar-refractivity contribution in [2.45, 2.75) is 40.3 Å². The minimum Gasteiger partial charge on any atom is -0.505 e. The average Bonchev–Trinajstić information content (AvgIpc) is 2.89. The van der Waals surface area contributed by atoms with E-state index in [-0.39, 0.29) is 5.75 Å². The number of hydrogen-bond donors (Lipinski definition) is 3. The van der Waals surface area contributed by atoms with Gasteiger partial charge in [0.15, 0.2) is 17.5 Å². The van der Waals surface area contributed by atoms with E-state index in [1.165, 1.54) is 12.1 Å². The van der Waals surface area contributed by atoms with E-state index in [4.69, 9.17) is 0 Å². The number of aromatic hydroxyl groups is 1. The highest BCUT2D eigenvalue weighted by molar-refractivity contribution is 5.79. The lowest BCUT2D eigenvalue weighted by Crippen LogP contribution is -2.38. The lowest BCUT2D eigenvalue weighted by Gasteiger charge is -2.12. The smallest absolute Gasteiger partial charge is 0.191 e. The number of phenolic OH excluding ortho intramolecular Hbond substituents is 1. The third-order valence-corrected chi connectivity index (χ3v) is 3.72. The van der Waals surface area contributed by atoms with Crippen LogP contribution in [0.4, 0.5) is 4.39 Å². The van der Waals surface area contributed by atoms with Crippen LogP contribution in [0.25, 0.3) is 0 Å². The molecule has 0 atom stereocenters. The summed E-state index contributed by atoms with van der Waals surface area (Å²) in [5, 5.41) is 20.1. The molecule has 3 N–H and O–H groups in total. The highest BCUT2D eigenvalue weighted by Gasteiger charge is 2.03. The molecule has 0 aliphatic rings. The number of guanidine groups is 1. The number of benzene rings is 1. The van der Waals surface area contributed by atoms with Gasteiger partial charge in [-0.15, -0.1) is 0 Å². The highest BCUT2D eigenvalue weighted by Crippen LogP contribution is 2.16. The van der Waals surface area contributed by atoms with Gasteiger partial charge in [-0.2, -0.15) is 5.10 Å². The molecule has 1 heterocycles. The first-order chi connectivity index (χ1) is 12.0. The minimum atomic E-state index is -0.629. The monoisotopic (exact) mass is 347 g/mol. The van der Waals surface area contributed by atoms with Crippen molar-refractivity contribution in [1.29, 1.82) is 0 Å². The Morgan fingerprint density at radius 1 is 1.28 bits per heavy atom. The molecule has 0 saturated heterocycles. The van der Waals surface area contributed by atoms with Gasteiger partial charge in [-0.1, -0.05) is 6.07 Å². The predicted octanol–water partition coefficient (Wildman–Crippen LogP) is 2.49. The molecule has 6 nitrogen and oxygen atoms in total. The van der Waals surface area contributed by atoms with Gasteiger partial charge in [-0.3, -0.25) is 4.68 Å². The van der Waals surface area contributed by atoms with Crippen LogP contribution in [0.2, 0.25) is 0 Å². The number of halogens is 1. The molecule has 0 aliphatic heterocycles. The zero-order valence-electron chi connectivity index (χ0n) is 15.0. The molecule has 0 aliphatic carbocycles. The second kappa shape index (κ2) is 9.05. The third-order valence-electron chi connectivity index (χ3n) is 3.72. The fourth-order valence-corrected chi connectivity index (χ4v) is 2.50. The number of rotatable bonds is 7. The van der Waals surface area contributed by atoms with Crippen molar-refractivity contribution in [3.8, 4) is 5.75 Å². The fourth-order valence-electron chi connectivity index (χ4n) is 2.50. The zero-order chi connectivity index (χ0) is 18.2. The van der Waals surface area contributed by atoms with Crippen molar-refractivity contribution in [2.24, 2.45) is 4.99 Å². The maximum absolute atomic E-state index is 13.4. The number of aliphatic imine (C=N–C) groups is 1. The average molecular weight is 347 g/mol. The van der Waals surface area contributed by atoms with Crippen molar-refractivity contribution in [2.75, 3.05) is 13.1 Å². The molecule has 25 heavy (non-hydrogen) atoms. The van der Waals surface area contributed by atoms with Crippen LogP contribution in [-0.4, -0.2) is 33.9 Å². The van der Waals surface area contributed by atoms with E-state index in [1.807, 2.05) is 18.5 Å². The van der Waals surface area contributed by atoms with Crippen LogP contribution in [0.5, 0.6) is 5.75 Å². The largest absolute Gasteiger partial charge is 0.505 e. The zero-order valence-corrected chi connectivity index (χ0v) is 15.0. The van der Waals surface area contributed by atoms with Gasteiger partial charge < -0.3 is 15.7 Å². The summed E-state index contributed by atoms with van der Waals surface area (Å²) in [6.45, 7) is 8.72. The Labute approximate surface area is 147 Å². The van der Waals surface area contributed by atoms with Gasteiger partial charge in [-0.05, 0) is 51.0 Å². The van der Waals surface area contributed by atoms with Crippen LogP contribution in [0.1, 0.15) is 30.3 Å². The van der Waals surface area contributed by atoms with Crippen LogP contribution < -0.4 is 10.6 Å². The molecule has 2 aromatic rings. The summed E-state index contributed by atoms with van der Waals surface area (Å²) >= 11 is 0. The van der Waals surface area contributed by atoms with Crippen LogP contribution in [0.15, 0.2) is 29.3 Å². The van der Waals surface area contributed by atoms with E-state index in [0.29, 0.717) is 18.1 Å². The number of hydrogen-bond acceptors (Lipinski definition) is 3. The topological polar surface area (TPSA) is 74.5 Å². The normalized spacial score (nSPS) is 11.6. The van der Waals surface area contributed by atoms with E-state index >= 15 is 0 Å². The molecule has 0 bridgehead atoms. The van der Waals surface area contributed by atoms with Crippen molar-refractivity contribution < 1.29 is 9.50 Å². The van der Waals surface area contributed by atoms with E-state index in [2.05, 4.69) is 33.7 Å². The SMILES string of the molecule is CCNC(=NCc1ccc(O)c(F)c1)NCCCn1nc(C)cc1C. The molecule has 0 amide bonds. The second-order valence-corrected chi connectivity index (χ2v) is 5.91. The maximum Gasteiger partial charge on any atom is 0.191 e. The first-order valence-corrected chi connectivity index (χ1v) is 8.50. The maximum atomic E-state index is 13.4. The number of aryl methyl sites for hydroxylation is 3. The van der Waals surface area contributed by atoms with Gasteiger partial charge >= 0.3 is 0 Å². The molecule has 0 unspecified atom stereocenters. The molecule has 0 spiro atoms. The summed E-state index contributed by atoms with van der Waals surface area (Å²) in [7, 11) is 0. The number of aromatic nitrogens is 2. The summed E-state index contributed by atoms with van der Waals surface area (Å²) in [6, 6.07) is 6.37. The van der Waals surface area contributed by atoms with Crippen molar-refractivity contribution in [3.05, 3.63) is 47.0 Å². The molecule has 1 aromatic carbocycles. The lowest BCUT2D eigenvalue weighted by atomic mass is 10.2. The predicted molar refractivity (Wildman–Crippen MR) is 97.2 cm³/mol. The molecular weight excluding hydrogens is 321 g/mol. The Balaban J connectivity index is 1.84. The summed E-state index contributed by atoms with van der Waals surface area (Å²) in [5.74, 6) is -0.290. The molecule has 0 radical (unpaired) electrons. The number of nitrogens with zero attached hydrogens (tertiary/aromatic N) is 3. The van der Waals surface area contributed by atoms with Crippen LogP contribution in [0, 0.1) is 19.7 Å². The quantitative estimate of drug-likeness (QED) is 0.409. The standard InChI is InChI=1S/C18H26FN5O/c1-4-20-18(22-12-15-6-7-17(25)16(19)11-15)21-8-5-9-24-14(3)10-13(2)23-24/h6-7,10-11,25H,4-5,8-9,12H2,1-3H3,(H2,20,21,22). The molecule has 1 aromatic heterocycles. The molecule has 7 heteroatoms. The van der Waals surface area contributed by atoms with Crippen LogP contribution in [0.3, 0.4) is 0 Å². The van der Waals surface area contributed by atoms with E-state index in [0.717, 1.165) is 37.4 Å². The van der Waals surface area contributed by atoms with Crippen LogP contribution >= 0.6 is 0 Å². The molecule has 0 saturated carbocycles. The van der Waals surface area contributed by atoms with E-state index in [1.54, 1.807) is 6.07 Å². The van der Waals surface area contributed by atoms with Crippen LogP contribution in [-0.2, 0) is 13.1 Å². The van der Waals surface area contributed by atoms with Gasteiger partial charge in [0.25, 0.3) is 0 Å². The lowest BCUT2D eigenvalue weighted by molar-refractivity contribution is 0.432. The molecule has 136 valence electrons.